The number of aromatic nitrogens is 2. The maximum atomic E-state index is 12.9. The average molecular weight is 1610 g/mol. The van der Waals surface area contributed by atoms with Crippen LogP contribution < -0.4 is 63.4 Å². The number of phosphoric acid groups is 3. The highest BCUT2D eigenvalue weighted by molar-refractivity contribution is 8.00. The molecule has 6 rings (SSSR count). The number of nitrogens with one attached hydrogen (secondary N) is 8. The number of urea groups is 1. The molecule has 10 atom stereocenters. The molecule has 1 aromatic heterocycles. The van der Waals surface area contributed by atoms with Gasteiger partial charge in [-0.1, -0.05) is 52.2 Å². The highest BCUT2D eigenvalue weighted by Crippen LogP contribution is 2.66. The number of thioether (sulfide) groups is 1. The van der Waals surface area contributed by atoms with Gasteiger partial charge in [0.1, 0.15) is 62.8 Å². The zero-order valence-corrected chi connectivity index (χ0v) is 61.7. The van der Waals surface area contributed by atoms with Crippen LogP contribution in [0.15, 0.2) is 74.9 Å². The predicted molar refractivity (Wildman–Crippen MR) is 379 cm³/mol. The van der Waals surface area contributed by atoms with Gasteiger partial charge in [-0.3, -0.25) is 37.9 Å². The van der Waals surface area contributed by atoms with Crippen molar-refractivity contribution in [3.8, 4) is 23.3 Å². The van der Waals surface area contributed by atoms with E-state index in [0.29, 0.717) is 31.1 Å². The first-order valence-electron chi connectivity index (χ1n) is 33.4. The van der Waals surface area contributed by atoms with Gasteiger partial charge in [0, 0.05) is 95.0 Å². The van der Waals surface area contributed by atoms with Crippen molar-refractivity contribution in [3.05, 3.63) is 113 Å². The Hall–Kier alpha value is -9.18. The molecule has 3 fully saturated rings. The van der Waals surface area contributed by atoms with E-state index in [4.69, 9.17) is 70.0 Å². The van der Waals surface area contributed by atoms with Crippen molar-refractivity contribution in [2.75, 3.05) is 117 Å². The van der Waals surface area contributed by atoms with Crippen LogP contribution in [-0.4, -0.2) is 224 Å². The van der Waals surface area contributed by atoms with Gasteiger partial charge < -0.3 is 106 Å². The van der Waals surface area contributed by atoms with Crippen molar-refractivity contribution >= 4 is 82.5 Å². The SMILES string of the molecule is [N-]=[N+]=NCOC1CC(n2cc(C#CCNC(=O)COCCOC(COc3cccc(C(=O)NCCNC(=O)COCCOC(COc4cccc(C(=O)NCCNC(=O)CCCCCNC(=O)CCCCC5SCC6NC(=O)NC65)c4)N=[N+]=[N-])c3)N=[N+]=[N-])c(N)nc2=O)OC1COP(=O)(O)OP(=O)(O)OP(=O)(O)O. The normalized spacial score (nSPS) is 18.6. The minimum atomic E-state index is -5.86. The van der Waals surface area contributed by atoms with Crippen LogP contribution in [-0.2, 0) is 74.4 Å². The van der Waals surface area contributed by atoms with Crippen LogP contribution >= 0.6 is 35.2 Å². The highest BCUT2D eigenvalue weighted by Gasteiger charge is 2.45. The Morgan fingerprint density at radius 1 is 0.716 bits per heavy atom. The second kappa shape index (κ2) is 47.0. The fraction of sp³-hybridized carbons (Fsp3) is 0.576. The van der Waals surface area contributed by atoms with Crippen molar-refractivity contribution in [3.63, 3.8) is 0 Å². The summed E-state index contributed by atoms with van der Waals surface area (Å²) in [6, 6.07) is 12.5. The lowest BCUT2D eigenvalue weighted by atomic mass is 10.0. The average Bonchev–Trinajstić information content (AvgIpc) is 1.71. The first-order valence-corrected chi connectivity index (χ1v) is 39.0. The zero-order chi connectivity index (χ0) is 79.0. The number of benzene rings is 2. The number of unbranched alkanes of at least 4 members (excludes halogenated alkanes) is 3. The summed E-state index contributed by atoms with van der Waals surface area (Å²) in [4.78, 5) is 149. The quantitative estimate of drug-likeness (QED) is 0.00732. The van der Waals surface area contributed by atoms with E-state index in [1.54, 1.807) is 18.2 Å². The molecule has 46 nitrogen and oxygen atoms in total. The Morgan fingerprint density at radius 2 is 1.29 bits per heavy atom. The largest absolute Gasteiger partial charge is 0.491 e. The van der Waals surface area contributed by atoms with Crippen LogP contribution in [0.2, 0.25) is 0 Å². The van der Waals surface area contributed by atoms with Crippen LogP contribution in [0.3, 0.4) is 0 Å². The van der Waals surface area contributed by atoms with Gasteiger partial charge in [-0.25, -0.2) is 23.3 Å². The third kappa shape index (κ3) is 34.5. The summed E-state index contributed by atoms with van der Waals surface area (Å²) < 4.78 is 92.4. The molecule has 0 spiro atoms. The van der Waals surface area contributed by atoms with Gasteiger partial charge in [0.15, 0.2) is 12.5 Å². The molecule has 109 heavy (non-hydrogen) atoms. The first-order chi connectivity index (χ1) is 52.2. The fourth-order valence-corrected chi connectivity index (χ4v) is 14.7. The molecule has 4 heterocycles. The van der Waals surface area contributed by atoms with Crippen LogP contribution in [0.5, 0.6) is 11.5 Å². The third-order valence-corrected chi connectivity index (χ3v) is 20.4. The summed E-state index contributed by atoms with van der Waals surface area (Å²) in [5.74, 6) is 4.10. The molecule has 596 valence electrons. The van der Waals surface area contributed by atoms with Gasteiger partial charge in [0.05, 0.1) is 63.3 Å². The molecular weight excluding hydrogens is 1530 g/mol. The molecule has 0 aliphatic carbocycles. The number of hydrogen-bond acceptors (Lipinski definition) is 28. The Morgan fingerprint density at radius 3 is 1.89 bits per heavy atom. The highest BCUT2D eigenvalue weighted by atomic mass is 32.2. The lowest BCUT2D eigenvalue weighted by Gasteiger charge is -2.21. The summed E-state index contributed by atoms with van der Waals surface area (Å²) in [5.41, 5.74) is 32.2. The van der Waals surface area contributed by atoms with Gasteiger partial charge in [-0.2, -0.15) is 25.4 Å². The van der Waals surface area contributed by atoms with Gasteiger partial charge >= 0.3 is 35.2 Å². The van der Waals surface area contributed by atoms with E-state index in [9.17, 15) is 61.8 Å². The summed E-state index contributed by atoms with van der Waals surface area (Å²) in [5, 5.41) is 32.8. The van der Waals surface area contributed by atoms with Gasteiger partial charge in [0.2, 0.25) is 23.6 Å². The van der Waals surface area contributed by atoms with E-state index in [-0.39, 0.29) is 149 Å². The number of anilines is 1. The van der Waals surface area contributed by atoms with Crippen molar-refractivity contribution < 1.29 is 118 Å². The predicted octanol–water partition coefficient (Wildman–Crippen LogP) is 2.17. The van der Waals surface area contributed by atoms with Crippen LogP contribution in [0, 0.1) is 11.8 Å². The summed E-state index contributed by atoms with van der Waals surface area (Å²) in [7, 11) is -17.2. The van der Waals surface area contributed by atoms with Crippen LogP contribution in [0.4, 0.5) is 10.6 Å². The van der Waals surface area contributed by atoms with E-state index in [1.807, 2.05) is 11.8 Å². The van der Waals surface area contributed by atoms with Gasteiger partial charge in [-0.15, -0.1) is 0 Å². The molecule has 3 saturated heterocycles. The number of phosphoric ester groups is 1. The maximum Gasteiger partial charge on any atom is 0.490 e. The van der Waals surface area contributed by atoms with E-state index >= 15 is 0 Å². The molecule has 14 N–H and O–H groups in total. The molecule has 50 heteroatoms. The molecule has 0 radical (unpaired) electrons. The maximum absolute atomic E-state index is 12.9. The minimum absolute atomic E-state index is 0.00469. The number of nitrogens with two attached hydrogens (primary N) is 1. The third-order valence-electron chi connectivity index (χ3n) is 15.1. The van der Waals surface area contributed by atoms with Crippen molar-refractivity contribution in [2.45, 2.75) is 106 Å². The molecule has 3 aliphatic rings. The number of carbonyl (C=O) groups excluding carboxylic acids is 7. The monoisotopic (exact) mass is 1610 g/mol. The fourth-order valence-electron chi connectivity index (χ4n) is 10.2. The molecular formula is C59H83N20O26P3S. The van der Waals surface area contributed by atoms with E-state index in [2.05, 4.69) is 103 Å². The van der Waals surface area contributed by atoms with Gasteiger partial charge in [0.25, 0.3) is 11.8 Å². The van der Waals surface area contributed by atoms with E-state index in [1.165, 1.54) is 30.3 Å². The van der Waals surface area contributed by atoms with Crippen molar-refractivity contribution in [1.29, 1.82) is 0 Å². The summed E-state index contributed by atoms with van der Waals surface area (Å²) >= 11 is 1.86. The van der Waals surface area contributed by atoms with E-state index in [0.717, 1.165) is 48.6 Å². The number of fused-ring (bicyclic) bond motifs is 1. The first kappa shape index (κ1) is 88.7. The Kier molecular flexibility index (Phi) is 38.3. The Balaban J connectivity index is 0.771. The number of carbonyl (C=O) groups is 7. The second-order valence-electron chi connectivity index (χ2n) is 23.2. The van der Waals surface area contributed by atoms with Crippen LogP contribution in [0.25, 0.3) is 31.3 Å². The molecule has 3 aliphatic heterocycles. The molecule has 8 amide bonds. The molecule has 10 unspecified atom stereocenters. The van der Waals surface area contributed by atoms with Crippen molar-refractivity contribution in [1.82, 2.24) is 52.1 Å². The number of nitrogens with zero attached hydrogens (tertiary/aromatic N) is 11. The number of amides is 8. The Bertz CT molecular complexity index is 4010. The lowest BCUT2D eigenvalue weighted by Crippen LogP contribution is -2.36. The lowest BCUT2D eigenvalue weighted by molar-refractivity contribution is -0.127. The molecule has 0 bridgehead atoms. The molecule has 0 saturated carbocycles. The molecule has 3 aromatic rings. The van der Waals surface area contributed by atoms with Crippen molar-refractivity contribution in [2.24, 2.45) is 15.3 Å². The summed E-state index contributed by atoms with van der Waals surface area (Å²) in [6.07, 6.45) is 0.309. The topological polar surface area (TPSA) is 657 Å². The molecule has 2 aromatic carbocycles. The van der Waals surface area contributed by atoms with E-state index < -0.39 is 104 Å². The number of nitrogen functional groups attached to an aromatic ring is 1. The number of azide groups is 3. The standard InChI is InChI=1S/C59H83N20O26P3S/c60-55-40(30-79(59(87)73-55)53-29-44(101-37-70-76-61)45(103-53)31-102-107(91,92)105-108(93,94)104-106(88,89)90)11-8-18-65-49(82)32-95-23-25-97-51(74-77-62)34-100-42-13-7-10-39(28-42)57(85)69-22-20-67-50(83)33-96-24-26-98-52(75-78-63)35-99-41-12-6-9-38(27-41)56(84)68-21-19-66-48(81)15-2-1-5-17-64-47(80)16-4-3-14-46-54-43(36-109-46)71-58(86)72-54/h6-7,9-10,12-13,27-28,30,43-46,51-54H,1-5,14-26,29,31-37H2,(H,64,80)(H,65,82)(H,66,81)(H,67,83)(H,68,84)(H,69,85)(H,91,92)(H,93,94)(H2,60,73,87)(H2,71,72,86)(H2,88,89,90). The minimum Gasteiger partial charge on any atom is -0.491 e. The second-order valence-corrected chi connectivity index (χ2v) is 28.9. The Labute approximate surface area is 624 Å². The van der Waals surface area contributed by atoms with Crippen LogP contribution in [0.1, 0.15) is 90.3 Å². The number of ether oxygens (including phenoxy) is 8. The number of rotatable bonds is 51. The number of hydrogen-bond donors (Lipinski definition) is 13. The summed E-state index contributed by atoms with van der Waals surface area (Å²) in [6.45, 7) is -2.74. The zero-order valence-electron chi connectivity index (χ0n) is 58.2. The smallest absolute Gasteiger partial charge is 0.490 e. The van der Waals surface area contributed by atoms with Gasteiger partial charge in [-0.05, 0) is 78.7 Å².